The van der Waals surface area contributed by atoms with Crippen LogP contribution < -0.4 is 5.32 Å². The van der Waals surface area contributed by atoms with Gasteiger partial charge in [0, 0.05) is 12.6 Å². The summed E-state index contributed by atoms with van der Waals surface area (Å²) >= 11 is 0. The second kappa shape index (κ2) is 6.64. The number of aryl methyl sites for hydroxylation is 1. The second-order valence-electron chi connectivity index (χ2n) is 5.04. The molecule has 1 unspecified atom stereocenters. The van der Waals surface area contributed by atoms with Gasteiger partial charge in [-0.1, -0.05) is 36.4 Å². The molecule has 2 aromatic rings. The van der Waals surface area contributed by atoms with Crippen LogP contribution in [0, 0.1) is 12.7 Å². The number of aliphatic hydroxyl groups is 1. The summed E-state index contributed by atoms with van der Waals surface area (Å²) in [5.74, 6) is -0.174. The number of hydrogen-bond donors (Lipinski definition) is 2. The molecule has 1 atom stereocenters. The fourth-order valence-electron chi connectivity index (χ4n) is 2.14. The van der Waals surface area contributed by atoms with Crippen LogP contribution in [0.2, 0.25) is 0 Å². The zero-order chi connectivity index (χ0) is 14.5. The third-order valence-electron chi connectivity index (χ3n) is 3.58. The van der Waals surface area contributed by atoms with Crippen molar-refractivity contribution in [3.8, 4) is 0 Å². The van der Waals surface area contributed by atoms with E-state index < -0.39 is 0 Å². The van der Waals surface area contributed by atoms with Gasteiger partial charge in [-0.2, -0.15) is 0 Å². The number of halogens is 1. The van der Waals surface area contributed by atoms with E-state index in [1.165, 1.54) is 0 Å². The van der Waals surface area contributed by atoms with E-state index in [-0.39, 0.29) is 18.5 Å². The minimum atomic E-state index is -0.174. The van der Waals surface area contributed by atoms with E-state index in [1.807, 2.05) is 37.3 Å². The lowest BCUT2D eigenvalue weighted by atomic mass is 10.0. The lowest BCUT2D eigenvalue weighted by molar-refractivity contribution is 0.280. The molecule has 2 N–H and O–H groups in total. The third kappa shape index (κ3) is 3.44. The summed E-state index contributed by atoms with van der Waals surface area (Å²) in [5, 5.41) is 12.6. The van der Waals surface area contributed by atoms with Crippen molar-refractivity contribution in [2.45, 2.75) is 33.0 Å². The Hall–Kier alpha value is -1.71. The molecule has 0 heterocycles. The highest BCUT2D eigenvalue weighted by Crippen LogP contribution is 2.17. The van der Waals surface area contributed by atoms with Crippen molar-refractivity contribution in [2.75, 3.05) is 0 Å². The van der Waals surface area contributed by atoms with Crippen LogP contribution in [-0.4, -0.2) is 5.11 Å². The van der Waals surface area contributed by atoms with Gasteiger partial charge in [0.15, 0.2) is 0 Å². The topological polar surface area (TPSA) is 32.3 Å². The molecule has 2 nitrogen and oxygen atoms in total. The second-order valence-corrected chi connectivity index (χ2v) is 5.04. The molecule has 20 heavy (non-hydrogen) atoms. The number of rotatable bonds is 5. The summed E-state index contributed by atoms with van der Waals surface area (Å²) in [5.41, 5.74) is 3.57. The maximum atomic E-state index is 13.6. The predicted molar refractivity (Wildman–Crippen MR) is 78.8 cm³/mol. The molecule has 0 spiro atoms. The molecule has 0 saturated heterocycles. The van der Waals surface area contributed by atoms with Crippen molar-refractivity contribution >= 4 is 0 Å². The van der Waals surface area contributed by atoms with Crippen molar-refractivity contribution in [2.24, 2.45) is 0 Å². The first-order chi connectivity index (χ1) is 9.61. The predicted octanol–water partition coefficient (Wildman–Crippen LogP) is 3.48. The molecule has 0 fully saturated rings. The zero-order valence-corrected chi connectivity index (χ0v) is 11.9. The minimum Gasteiger partial charge on any atom is -0.392 e. The van der Waals surface area contributed by atoms with E-state index in [9.17, 15) is 9.50 Å². The summed E-state index contributed by atoms with van der Waals surface area (Å²) in [7, 11) is 0. The van der Waals surface area contributed by atoms with E-state index >= 15 is 0 Å². The fourth-order valence-corrected chi connectivity index (χ4v) is 2.14. The Kier molecular flexibility index (Phi) is 4.88. The Balaban J connectivity index is 2.04. The first-order valence-electron chi connectivity index (χ1n) is 6.79. The molecule has 0 amide bonds. The van der Waals surface area contributed by atoms with Gasteiger partial charge in [0.2, 0.25) is 0 Å². The van der Waals surface area contributed by atoms with Crippen LogP contribution in [-0.2, 0) is 13.2 Å². The Morgan fingerprint density at radius 3 is 2.50 bits per heavy atom. The van der Waals surface area contributed by atoms with Gasteiger partial charge >= 0.3 is 0 Å². The lowest BCUT2D eigenvalue weighted by Crippen LogP contribution is -2.19. The van der Waals surface area contributed by atoms with Crippen LogP contribution in [0.5, 0.6) is 0 Å². The molecule has 3 heteroatoms. The number of hydrogen-bond acceptors (Lipinski definition) is 2. The van der Waals surface area contributed by atoms with Crippen molar-refractivity contribution in [3.63, 3.8) is 0 Å². The Morgan fingerprint density at radius 2 is 1.85 bits per heavy atom. The van der Waals surface area contributed by atoms with E-state index in [1.54, 1.807) is 19.1 Å². The molecule has 2 rings (SSSR count). The lowest BCUT2D eigenvalue weighted by Gasteiger charge is -2.16. The first-order valence-corrected chi connectivity index (χ1v) is 6.79. The smallest absolute Gasteiger partial charge is 0.126 e. The van der Waals surface area contributed by atoms with Gasteiger partial charge in [0.1, 0.15) is 5.82 Å². The van der Waals surface area contributed by atoms with Gasteiger partial charge < -0.3 is 10.4 Å². The summed E-state index contributed by atoms with van der Waals surface area (Å²) in [6.45, 7) is 4.44. The SMILES string of the molecule is Cc1ccc(C(C)NCc2ccccc2CO)cc1F. The van der Waals surface area contributed by atoms with Crippen LogP contribution in [0.3, 0.4) is 0 Å². The standard InChI is InChI=1S/C17H20FNO/c1-12-7-8-14(9-17(12)18)13(2)19-10-15-5-3-4-6-16(15)11-20/h3-9,13,19-20H,10-11H2,1-2H3. The maximum absolute atomic E-state index is 13.6. The van der Waals surface area contributed by atoms with Gasteiger partial charge in [0.05, 0.1) is 6.61 Å². The highest BCUT2D eigenvalue weighted by atomic mass is 19.1. The number of aliphatic hydroxyl groups excluding tert-OH is 1. The molecule has 0 aromatic heterocycles. The van der Waals surface area contributed by atoms with Crippen LogP contribution in [0.1, 0.15) is 35.2 Å². The Labute approximate surface area is 119 Å². The maximum Gasteiger partial charge on any atom is 0.126 e. The molecule has 0 aliphatic heterocycles. The van der Waals surface area contributed by atoms with Crippen LogP contribution in [0.25, 0.3) is 0 Å². The van der Waals surface area contributed by atoms with Crippen LogP contribution in [0.15, 0.2) is 42.5 Å². The van der Waals surface area contributed by atoms with Crippen molar-refractivity contribution in [1.82, 2.24) is 5.32 Å². The van der Waals surface area contributed by atoms with E-state index in [0.29, 0.717) is 12.1 Å². The Morgan fingerprint density at radius 1 is 1.15 bits per heavy atom. The Bertz CT molecular complexity index is 583. The zero-order valence-electron chi connectivity index (χ0n) is 11.9. The largest absolute Gasteiger partial charge is 0.392 e. The minimum absolute atomic E-state index is 0.0331. The summed E-state index contributed by atoms with van der Waals surface area (Å²) < 4.78 is 13.6. The van der Waals surface area contributed by atoms with Crippen molar-refractivity contribution < 1.29 is 9.50 Å². The summed E-state index contributed by atoms with van der Waals surface area (Å²) in [6, 6.07) is 13.1. The molecular weight excluding hydrogens is 253 g/mol. The van der Waals surface area contributed by atoms with E-state index in [2.05, 4.69) is 5.32 Å². The van der Waals surface area contributed by atoms with Crippen LogP contribution in [0.4, 0.5) is 4.39 Å². The molecule has 2 aromatic carbocycles. The van der Waals surface area contributed by atoms with E-state index in [4.69, 9.17) is 0 Å². The molecule has 0 aliphatic carbocycles. The van der Waals surface area contributed by atoms with Gasteiger partial charge in [-0.15, -0.1) is 0 Å². The normalized spacial score (nSPS) is 12.4. The van der Waals surface area contributed by atoms with Gasteiger partial charge in [-0.05, 0) is 42.2 Å². The monoisotopic (exact) mass is 273 g/mol. The van der Waals surface area contributed by atoms with Gasteiger partial charge in [-0.3, -0.25) is 0 Å². The number of nitrogens with one attached hydrogen (secondary N) is 1. The highest BCUT2D eigenvalue weighted by Gasteiger charge is 2.08. The molecule has 0 saturated carbocycles. The average molecular weight is 273 g/mol. The van der Waals surface area contributed by atoms with Crippen molar-refractivity contribution in [3.05, 3.63) is 70.5 Å². The molecular formula is C17H20FNO. The molecule has 0 bridgehead atoms. The first kappa shape index (κ1) is 14.7. The molecule has 106 valence electrons. The van der Waals surface area contributed by atoms with E-state index in [0.717, 1.165) is 16.7 Å². The summed E-state index contributed by atoms with van der Waals surface area (Å²) in [4.78, 5) is 0. The average Bonchev–Trinajstić information content (AvgIpc) is 2.47. The highest BCUT2D eigenvalue weighted by molar-refractivity contribution is 5.28. The molecule has 0 radical (unpaired) electrons. The van der Waals surface area contributed by atoms with Gasteiger partial charge in [-0.25, -0.2) is 4.39 Å². The molecule has 0 aliphatic rings. The quantitative estimate of drug-likeness (QED) is 0.874. The summed E-state index contributed by atoms with van der Waals surface area (Å²) in [6.07, 6.45) is 0. The fraction of sp³-hybridized carbons (Fsp3) is 0.294. The third-order valence-corrected chi connectivity index (χ3v) is 3.58. The number of benzene rings is 2. The van der Waals surface area contributed by atoms with Gasteiger partial charge in [0.25, 0.3) is 0 Å². The van der Waals surface area contributed by atoms with Crippen molar-refractivity contribution in [1.29, 1.82) is 0 Å². The van der Waals surface area contributed by atoms with Crippen LogP contribution >= 0.6 is 0 Å².